The lowest BCUT2D eigenvalue weighted by molar-refractivity contribution is -0.384. The first kappa shape index (κ1) is 18.4. The van der Waals surface area contributed by atoms with Crippen molar-refractivity contribution in [2.24, 2.45) is 0 Å². The Balaban J connectivity index is 2.13. The molecule has 0 unspecified atom stereocenters. The number of nitro groups is 1. The van der Waals surface area contributed by atoms with Gasteiger partial charge in [0.15, 0.2) is 0 Å². The number of ether oxygens (including phenoxy) is 2. The number of carbonyl (C=O) groups is 1. The molecule has 0 heterocycles. The van der Waals surface area contributed by atoms with Crippen LogP contribution in [0.15, 0.2) is 36.4 Å². The summed E-state index contributed by atoms with van der Waals surface area (Å²) in [4.78, 5) is 22.4. The van der Waals surface area contributed by atoms with Gasteiger partial charge in [-0.05, 0) is 49.2 Å². The van der Waals surface area contributed by atoms with Gasteiger partial charge in [0.2, 0.25) is 0 Å². The second kappa shape index (κ2) is 8.25. The van der Waals surface area contributed by atoms with Crippen molar-refractivity contribution in [3.05, 3.63) is 63.2 Å². The summed E-state index contributed by atoms with van der Waals surface area (Å²) in [6.07, 6.45) is 0. The molecule has 25 heavy (non-hydrogen) atoms. The molecule has 0 radical (unpaired) electrons. The summed E-state index contributed by atoms with van der Waals surface area (Å²) in [6, 6.07) is 9.56. The van der Waals surface area contributed by atoms with E-state index in [9.17, 15) is 14.9 Å². The van der Waals surface area contributed by atoms with Crippen molar-refractivity contribution in [1.82, 2.24) is 5.32 Å². The minimum absolute atomic E-state index is 0.0177. The van der Waals surface area contributed by atoms with Crippen LogP contribution < -0.4 is 10.1 Å². The minimum Gasteiger partial charge on any atom is -0.457 e. The molecule has 1 amide bonds. The third-order valence-electron chi connectivity index (χ3n) is 3.63. The Morgan fingerprint density at radius 2 is 1.92 bits per heavy atom. The Bertz CT molecular complexity index is 789. The zero-order chi connectivity index (χ0) is 18.4. The maximum absolute atomic E-state index is 12.1. The fourth-order valence-electron chi connectivity index (χ4n) is 2.30. The lowest BCUT2D eigenvalue weighted by Crippen LogP contribution is -2.27. The number of rotatable bonds is 7. The maximum Gasteiger partial charge on any atom is 0.269 e. The van der Waals surface area contributed by atoms with E-state index in [1.807, 2.05) is 6.92 Å². The highest BCUT2D eigenvalue weighted by Crippen LogP contribution is 2.29. The summed E-state index contributed by atoms with van der Waals surface area (Å²) in [6.45, 7) is 4.45. The number of nitro benzene ring substituents is 1. The SMILES string of the molecule is COCCNC(=O)c1ccc(Oc2ccc([N+](=O)[O-])cc2C)cc1C. The van der Waals surface area contributed by atoms with Crippen molar-refractivity contribution >= 4 is 11.6 Å². The van der Waals surface area contributed by atoms with Gasteiger partial charge in [0, 0.05) is 31.4 Å². The Morgan fingerprint density at radius 1 is 1.16 bits per heavy atom. The molecule has 7 heteroatoms. The van der Waals surface area contributed by atoms with Gasteiger partial charge in [-0.25, -0.2) is 0 Å². The fraction of sp³-hybridized carbons (Fsp3) is 0.278. The number of nitrogens with zero attached hydrogens (tertiary/aromatic N) is 1. The van der Waals surface area contributed by atoms with E-state index >= 15 is 0 Å². The number of hydrogen-bond acceptors (Lipinski definition) is 5. The van der Waals surface area contributed by atoms with Gasteiger partial charge in [-0.15, -0.1) is 0 Å². The quantitative estimate of drug-likeness (QED) is 0.472. The summed E-state index contributed by atoms with van der Waals surface area (Å²) in [5.74, 6) is 0.915. The van der Waals surface area contributed by atoms with Crippen LogP contribution in [-0.4, -0.2) is 31.1 Å². The lowest BCUT2D eigenvalue weighted by atomic mass is 10.1. The van der Waals surface area contributed by atoms with E-state index in [4.69, 9.17) is 9.47 Å². The fourth-order valence-corrected chi connectivity index (χ4v) is 2.30. The summed E-state index contributed by atoms with van der Waals surface area (Å²) in [7, 11) is 1.57. The molecule has 0 atom stereocenters. The van der Waals surface area contributed by atoms with Crippen LogP contribution >= 0.6 is 0 Å². The molecule has 0 fully saturated rings. The smallest absolute Gasteiger partial charge is 0.269 e. The van der Waals surface area contributed by atoms with E-state index < -0.39 is 4.92 Å². The highest BCUT2D eigenvalue weighted by atomic mass is 16.6. The van der Waals surface area contributed by atoms with Crippen molar-refractivity contribution in [3.63, 3.8) is 0 Å². The third-order valence-corrected chi connectivity index (χ3v) is 3.63. The standard InChI is InChI=1S/C18H20N2O5/c1-12-11-15(5-6-16(12)18(21)19-8-9-24-3)25-17-7-4-14(20(22)23)10-13(17)2/h4-7,10-11H,8-9H2,1-3H3,(H,19,21). The first-order valence-electron chi connectivity index (χ1n) is 7.73. The molecule has 2 rings (SSSR count). The summed E-state index contributed by atoms with van der Waals surface area (Å²) < 4.78 is 10.7. The lowest BCUT2D eigenvalue weighted by Gasteiger charge is -2.12. The molecule has 0 aliphatic carbocycles. The zero-order valence-electron chi connectivity index (χ0n) is 14.4. The van der Waals surface area contributed by atoms with E-state index in [1.54, 1.807) is 38.3 Å². The summed E-state index contributed by atoms with van der Waals surface area (Å²) >= 11 is 0. The van der Waals surface area contributed by atoms with Crippen LogP contribution in [0, 0.1) is 24.0 Å². The van der Waals surface area contributed by atoms with Gasteiger partial charge in [-0.1, -0.05) is 0 Å². The normalized spacial score (nSPS) is 10.4. The van der Waals surface area contributed by atoms with Crippen LogP contribution in [0.5, 0.6) is 11.5 Å². The molecular weight excluding hydrogens is 324 g/mol. The van der Waals surface area contributed by atoms with Gasteiger partial charge >= 0.3 is 0 Å². The molecule has 2 aromatic carbocycles. The van der Waals surface area contributed by atoms with Crippen LogP contribution in [0.25, 0.3) is 0 Å². The van der Waals surface area contributed by atoms with Crippen LogP contribution in [-0.2, 0) is 4.74 Å². The van der Waals surface area contributed by atoms with Crippen molar-refractivity contribution in [3.8, 4) is 11.5 Å². The van der Waals surface area contributed by atoms with Gasteiger partial charge < -0.3 is 14.8 Å². The molecular formula is C18H20N2O5. The van der Waals surface area contributed by atoms with E-state index in [0.29, 0.717) is 35.8 Å². The maximum atomic E-state index is 12.1. The predicted molar refractivity (Wildman–Crippen MR) is 93.3 cm³/mol. The Kier molecular flexibility index (Phi) is 6.08. The average molecular weight is 344 g/mol. The van der Waals surface area contributed by atoms with Crippen molar-refractivity contribution in [2.75, 3.05) is 20.3 Å². The van der Waals surface area contributed by atoms with Crippen LogP contribution in [0.2, 0.25) is 0 Å². The highest BCUT2D eigenvalue weighted by molar-refractivity contribution is 5.95. The Morgan fingerprint density at radius 3 is 2.52 bits per heavy atom. The molecule has 0 spiro atoms. The number of benzene rings is 2. The molecule has 0 aliphatic rings. The third kappa shape index (κ3) is 4.77. The van der Waals surface area contributed by atoms with Crippen molar-refractivity contribution < 1.29 is 19.2 Å². The molecule has 7 nitrogen and oxygen atoms in total. The number of aryl methyl sites for hydroxylation is 2. The highest BCUT2D eigenvalue weighted by Gasteiger charge is 2.12. The number of nitrogens with one attached hydrogen (secondary N) is 1. The Hall–Kier alpha value is -2.93. The van der Waals surface area contributed by atoms with E-state index in [1.165, 1.54) is 12.1 Å². The number of hydrogen-bond donors (Lipinski definition) is 1. The molecule has 0 bridgehead atoms. The van der Waals surface area contributed by atoms with Gasteiger partial charge in [-0.2, -0.15) is 0 Å². The number of methoxy groups -OCH3 is 1. The first-order valence-corrected chi connectivity index (χ1v) is 7.73. The molecule has 0 saturated carbocycles. The monoisotopic (exact) mass is 344 g/mol. The molecule has 0 saturated heterocycles. The second-order valence-corrected chi connectivity index (χ2v) is 5.53. The van der Waals surface area contributed by atoms with E-state index in [-0.39, 0.29) is 11.6 Å². The largest absolute Gasteiger partial charge is 0.457 e. The van der Waals surface area contributed by atoms with Crippen molar-refractivity contribution in [2.45, 2.75) is 13.8 Å². The number of carbonyl (C=O) groups excluding carboxylic acids is 1. The van der Waals surface area contributed by atoms with E-state index in [0.717, 1.165) is 5.56 Å². The summed E-state index contributed by atoms with van der Waals surface area (Å²) in [5, 5.41) is 13.5. The zero-order valence-corrected chi connectivity index (χ0v) is 14.4. The number of non-ortho nitro benzene ring substituents is 1. The van der Waals surface area contributed by atoms with Crippen LogP contribution in [0.1, 0.15) is 21.5 Å². The average Bonchev–Trinajstić information content (AvgIpc) is 2.56. The summed E-state index contributed by atoms with van der Waals surface area (Å²) in [5.41, 5.74) is 2.01. The Labute approximate surface area is 145 Å². The molecule has 2 aromatic rings. The van der Waals surface area contributed by atoms with E-state index in [2.05, 4.69) is 5.32 Å². The van der Waals surface area contributed by atoms with Crippen LogP contribution in [0.3, 0.4) is 0 Å². The molecule has 132 valence electrons. The van der Waals surface area contributed by atoms with Gasteiger partial charge in [0.05, 0.1) is 11.5 Å². The second-order valence-electron chi connectivity index (χ2n) is 5.53. The van der Waals surface area contributed by atoms with Gasteiger partial charge in [-0.3, -0.25) is 14.9 Å². The topological polar surface area (TPSA) is 90.7 Å². The van der Waals surface area contributed by atoms with Crippen molar-refractivity contribution in [1.29, 1.82) is 0 Å². The van der Waals surface area contributed by atoms with Gasteiger partial charge in [0.25, 0.3) is 11.6 Å². The number of amides is 1. The predicted octanol–water partition coefficient (Wildman–Crippen LogP) is 3.38. The minimum atomic E-state index is -0.447. The molecule has 0 aromatic heterocycles. The van der Waals surface area contributed by atoms with Crippen LogP contribution in [0.4, 0.5) is 5.69 Å². The molecule has 0 aliphatic heterocycles. The first-order chi connectivity index (χ1) is 11.9. The van der Waals surface area contributed by atoms with Gasteiger partial charge in [0.1, 0.15) is 11.5 Å². The molecule has 1 N–H and O–H groups in total.